The number of nitrogens with one attached hydrogen (secondary N) is 2. The van der Waals surface area contributed by atoms with Crippen LogP contribution in [0.1, 0.15) is 23.9 Å². The molecule has 1 saturated heterocycles. The van der Waals surface area contributed by atoms with Crippen molar-refractivity contribution in [1.82, 2.24) is 29.3 Å². The van der Waals surface area contributed by atoms with Crippen LogP contribution in [0, 0.1) is 0 Å². The number of aliphatic carboxylic acids is 1. The number of hydrogen-bond donors (Lipinski definition) is 5. The predicted octanol–water partition coefficient (Wildman–Crippen LogP) is 3.93. The first-order chi connectivity index (χ1) is 29.7. The summed E-state index contributed by atoms with van der Waals surface area (Å²) < 4.78 is 52.4. The van der Waals surface area contributed by atoms with E-state index in [4.69, 9.17) is 18.9 Å². The van der Waals surface area contributed by atoms with E-state index < -0.39 is 37.9 Å². The van der Waals surface area contributed by atoms with Crippen LogP contribution < -0.4 is 15.4 Å². The Kier molecular flexibility index (Phi) is 14.4. The lowest BCUT2D eigenvalue weighted by Gasteiger charge is -2.16. The fourth-order valence-corrected chi connectivity index (χ4v) is 7.17. The molecule has 1 amide bonds. The second-order valence-corrected chi connectivity index (χ2v) is 14.5. The van der Waals surface area contributed by atoms with Gasteiger partial charge in [-0.2, -0.15) is 0 Å². The summed E-state index contributed by atoms with van der Waals surface area (Å²) in [4.78, 5) is 41.6. The number of anilines is 1. The number of ether oxygens (including phenoxy) is 4. The van der Waals surface area contributed by atoms with Gasteiger partial charge in [-0.15, -0.1) is 11.3 Å². The number of aromatic nitrogens is 5. The van der Waals surface area contributed by atoms with Crippen LogP contribution >= 0.6 is 11.3 Å². The summed E-state index contributed by atoms with van der Waals surface area (Å²) >= 11 is 1.41. The Morgan fingerprint density at radius 1 is 0.951 bits per heavy atom. The summed E-state index contributed by atoms with van der Waals surface area (Å²) in [5.41, 5.74) is 3.60. The van der Waals surface area contributed by atoms with Gasteiger partial charge < -0.3 is 49.4 Å². The number of imidazole rings is 1. The normalized spacial score (nSPS) is 19.3. The standard InChI is InChI=1S/C40H41BF2N8O9S/c42-41(43)51-28(10-13-30(51)31-3-1-20-61-31)21-27-9-8-26(49-27)7-4-25-5-11-29(12-6-25)59-22-32(52)44-14-2-16-57-18-19-58-17-15-45-37-33-38(47-23-46-37)50(24-48-33)39-35(54)34(53)36(60-39)40(55)56/h1,3-13,20-21,23-24,34-36,39,53-54H,2,14-19,22H2,(H,44,52)(H,55,56)(H,45,46,47)/b7-4+,27-21-/t34-,35+,36-,39+/m0/s1. The maximum Gasteiger partial charge on any atom is 0.678 e. The fraction of sp³-hybridized carbons (Fsp3) is 0.300. The quantitative estimate of drug-likeness (QED) is 0.0523. The maximum atomic E-state index is 13.9. The van der Waals surface area contributed by atoms with Gasteiger partial charge in [0, 0.05) is 30.3 Å². The zero-order valence-electron chi connectivity index (χ0n) is 32.4. The number of carbonyl (C=O) groups is 2. The molecule has 0 spiro atoms. The number of thiophene rings is 1. The van der Waals surface area contributed by atoms with Crippen LogP contribution in [0.2, 0.25) is 0 Å². The molecule has 5 aromatic rings. The first kappa shape index (κ1) is 43.0. The van der Waals surface area contributed by atoms with Gasteiger partial charge in [-0.1, -0.05) is 24.3 Å². The molecule has 318 valence electrons. The molecule has 0 bridgehead atoms. The van der Waals surface area contributed by atoms with Gasteiger partial charge in [0.25, 0.3) is 5.91 Å². The monoisotopic (exact) mass is 858 g/mol. The second-order valence-electron chi connectivity index (χ2n) is 13.6. The van der Waals surface area contributed by atoms with E-state index in [0.717, 1.165) is 14.9 Å². The van der Waals surface area contributed by atoms with Crippen molar-refractivity contribution in [3.63, 3.8) is 0 Å². The fourth-order valence-electron chi connectivity index (χ4n) is 6.43. The average molecular weight is 859 g/mol. The van der Waals surface area contributed by atoms with Gasteiger partial charge in [-0.05, 0) is 72.0 Å². The van der Waals surface area contributed by atoms with Crippen LogP contribution in [0.3, 0.4) is 0 Å². The molecule has 0 unspecified atom stereocenters. The number of amides is 1. The third kappa shape index (κ3) is 10.8. The van der Waals surface area contributed by atoms with E-state index in [0.29, 0.717) is 85.8 Å². The van der Waals surface area contributed by atoms with Crippen molar-refractivity contribution < 1.29 is 52.5 Å². The van der Waals surface area contributed by atoms with E-state index in [1.807, 2.05) is 47.9 Å². The number of fused-ring (bicyclic) bond motifs is 1. The molecule has 21 heteroatoms. The van der Waals surface area contributed by atoms with E-state index >= 15 is 0 Å². The van der Waals surface area contributed by atoms with Crippen molar-refractivity contribution in [2.75, 3.05) is 51.4 Å². The molecular weight excluding hydrogens is 817 g/mol. The van der Waals surface area contributed by atoms with Crippen LogP contribution in [-0.2, 0) is 23.8 Å². The highest BCUT2D eigenvalue weighted by Crippen LogP contribution is 2.33. The Morgan fingerprint density at radius 2 is 1.77 bits per heavy atom. The summed E-state index contributed by atoms with van der Waals surface area (Å²) in [6, 6.07) is 14.2. The highest BCUT2D eigenvalue weighted by Gasteiger charge is 2.48. The first-order valence-electron chi connectivity index (χ1n) is 19.2. The number of aliphatic imine (C=N–C) groups is 1. The van der Waals surface area contributed by atoms with E-state index in [1.54, 1.807) is 36.4 Å². The second kappa shape index (κ2) is 20.4. The lowest BCUT2D eigenvalue weighted by molar-refractivity contribution is -0.155. The summed E-state index contributed by atoms with van der Waals surface area (Å²) in [5.74, 6) is -0.724. The number of hydrogen-bond acceptors (Lipinski definition) is 14. The molecule has 7 rings (SSSR count). The van der Waals surface area contributed by atoms with Gasteiger partial charge >= 0.3 is 13.4 Å². The lowest BCUT2D eigenvalue weighted by Crippen LogP contribution is -2.35. The van der Waals surface area contributed by atoms with E-state index in [2.05, 4.69) is 30.6 Å². The molecule has 0 aliphatic carbocycles. The van der Waals surface area contributed by atoms with Crippen molar-refractivity contribution in [2.45, 2.75) is 31.0 Å². The van der Waals surface area contributed by atoms with E-state index in [1.165, 1.54) is 28.6 Å². The minimum atomic E-state index is -2.69. The third-order valence-electron chi connectivity index (χ3n) is 9.41. The Bertz CT molecular complexity index is 2410. The highest BCUT2D eigenvalue weighted by atomic mass is 32.1. The summed E-state index contributed by atoms with van der Waals surface area (Å²) in [7, 11) is -2.69. The zero-order chi connectivity index (χ0) is 42.7. The number of nitrogens with zero attached hydrogens (tertiary/aromatic N) is 6. The van der Waals surface area contributed by atoms with Gasteiger partial charge in [0.2, 0.25) is 0 Å². The smallest absolute Gasteiger partial charge is 0.484 e. The summed E-state index contributed by atoms with van der Waals surface area (Å²) in [5, 5.41) is 37.4. The molecule has 1 fully saturated rings. The van der Waals surface area contributed by atoms with Gasteiger partial charge in [0.05, 0.1) is 43.3 Å². The molecule has 6 heterocycles. The number of carbonyl (C=O) groups excluding carboxylic acids is 1. The molecule has 2 aliphatic heterocycles. The summed E-state index contributed by atoms with van der Waals surface area (Å²) in [6.07, 6.45) is 6.25. The molecular formula is C40H41BF2N8O9S. The summed E-state index contributed by atoms with van der Waals surface area (Å²) in [6.45, 7) is 2.11. The number of aliphatic hydroxyl groups excluding tert-OH is 2. The highest BCUT2D eigenvalue weighted by molar-refractivity contribution is 7.13. The number of aliphatic hydroxyl groups is 2. The molecule has 4 aromatic heterocycles. The molecule has 4 atom stereocenters. The van der Waals surface area contributed by atoms with Crippen LogP contribution in [0.4, 0.5) is 14.4 Å². The number of rotatable bonds is 21. The number of halogens is 2. The van der Waals surface area contributed by atoms with Gasteiger partial charge in [0.1, 0.15) is 24.3 Å². The van der Waals surface area contributed by atoms with Crippen molar-refractivity contribution in [2.24, 2.45) is 4.99 Å². The lowest BCUT2D eigenvalue weighted by atomic mass is 10.1. The Balaban J connectivity index is 0.736. The zero-order valence-corrected chi connectivity index (χ0v) is 33.2. The number of benzene rings is 1. The molecule has 0 saturated carbocycles. The van der Waals surface area contributed by atoms with Crippen LogP contribution in [-0.4, -0.2) is 129 Å². The SMILES string of the molecule is O=C(COc1ccc(/C=C/C2=NC(=C\c3ccc(-c4cccs4)n3B(F)F)/C=C2)cc1)NCCCOCCOCCNc1ncnc2c1ncn2[C@@H]1O[C@H](C(=O)O)[C@@H](O)[C@H]1O. The van der Waals surface area contributed by atoms with Crippen LogP contribution in [0.5, 0.6) is 5.75 Å². The van der Waals surface area contributed by atoms with Crippen molar-refractivity contribution in [3.8, 4) is 16.3 Å². The van der Waals surface area contributed by atoms with Crippen molar-refractivity contribution in [3.05, 3.63) is 102 Å². The number of carboxylic acids is 1. The van der Waals surface area contributed by atoms with Crippen molar-refractivity contribution in [1.29, 1.82) is 0 Å². The predicted molar refractivity (Wildman–Crippen MR) is 223 cm³/mol. The minimum Gasteiger partial charge on any atom is -0.484 e. The molecule has 2 aliphatic rings. The first-order valence-corrected chi connectivity index (χ1v) is 20.0. The van der Waals surface area contributed by atoms with E-state index in [-0.39, 0.29) is 18.2 Å². The number of carboxylic acid groups (broad SMARTS) is 1. The molecule has 61 heavy (non-hydrogen) atoms. The topological polar surface area (TPSA) is 217 Å². The third-order valence-corrected chi connectivity index (χ3v) is 10.3. The van der Waals surface area contributed by atoms with Gasteiger partial charge in [0.15, 0.2) is 35.9 Å². The molecule has 1 aromatic carbocycles. The van der Waals surface area contributed by atoms with Crippen molar-refractivity contribution >= 4 is 65.5 Å². The van der Waals surface area contributed by atoms with Crippen LogP contribution in [0.25, 0.3) is 33.9 Å². The Morgan fingerprint density at radius 3 is 2.52 bits per heavy atom. The van der Waals surface area contributed by atoms with Gasteiger partial charge in [-0.3, -0.25) is 18.0 Å². The van der Waals surface area contributed by atoms with Gasteiger partial charge in [-0.25, -0.2) is 24.7 Å². The minimum absolute atomic E-state index is 0.143. The van der Waals surface area contributed by atoms with E-state index in [9.17, 15) is 33.5 Å². The van der Waals surface area contributed by atoms with Crippen LogP contribution in [0.15, 0.2) is 95.5 Å². The average Bonchev–Trinajstić information content (AvgIpc) is 4.11. The molecule has 5 N–H and O–H groups in total. The largest absolute Gasteiger partial charge is 0.678 e. The molecule has 17 nitrogen and oxygen atoms in total. The maximum absolute atomic E-state index is 13.9. The Hall–Kier alpha value is -6.10. The Labute approximate surface area is 351 Å². The number of allylic oxidation sites excluding steroid dienone is 3. The molecule has 0 radical (unpaired) electrons.